The summed E-state index contributed by atoms with van der Waals surface area (Å²) in [7, 11) is 0. The minimum atomic E-state index is -0.618. The van der Waals surface area contributed by atoms with Gasteiger partial charge in [0.2, 0.25) is 0 Å². The van der Waals surface area contributed by atoms with Gasteiger partial charge in [-0.15, -0.1) is 5.10 Å². The van der Waals surface area contributed by atoms with Crippen LogP contribution in [0, 0.1) is 17.1 Å². The fraction of sp³-hybridized carbons (Fsp3) is 0.231. The van der Waals surface area contributed by atoms with Gasteiger partial charge in [0.05, 0.1) is 11.3 Å². The third-order valence-electron chi connectivity index (χ3n) is 2.61. The van der Waals surface area contributed by atoms with Crippen molar-refractivity contribution in [2.45, 2.75) is 19.8 Å². The van der Waals surface area contributed by atoms with Gasteiger partial charge < -0.3 is 5.32 Å². The normalized spacial score (nSPS) is 10.3. The summed E-state index contributed by atoms with van der Waals surface area (Å²) in [6.07, 6.45) is 0. The van der Waals surface area contributed by atoms with E-state index in [0.717, 1.165) is 17.6 Å². The molecule has 0 aliphatic rings. The molecule has 1 N–H and O–H groups in total. The number of aromatic nitrogens is 2. The Labute approximate surface area is 119 Å². The summed E-state index contributed by atoms with van der Waals surface area (Å²) in [6.45, 7) is 3.83. The third-order valence-corrected chi connectivity index (χ3v) is 3.35. The molecule has 1 amide bonds. The Bertz CT molecular complexity index is 690. The van der Waals surface area contributed by atoms with E-state index in [0.29, 0.717) is 16.3 Å². The second-order valence-corrected chi connectivity index (χ2v) is 5.16. The molecule has 102 valence electrons. The molecule has 0 saturated carbocycles. The molecular weight excluding hydrogens is 279 g/mol. The number of amides is 1. The van der Waals surface area contributed by atoms with Crippen molar-refractivity contribution in [3.63, 3.8) is 0 Å². The number of nitriles is 1. The first-order valence-corrected chi connectivity index (χ1v) is 6.63. The van der Waals surface area contributed by atoms with Gasteiger partial charge >= 0.3 is 0 Å². The largest absolute Gasteiger partial charge is 0.321 e. The number of carbonyl (C=O) groups excluding carboxylic acids is 1. The highest BCUT2D eigenvalue weighted by molar-refractivity contribution is 7.08. The molecule has 0 saturated heterocycles. The molecule has 1 aromatic heterocycles. The summed E-state index contributed by atoms with van der Waals surface area (Å²) in [5, 5.41) is 15.3. The Balaban J connectivity index is 2.24. The number of benzene rings is 1. The molecule has 5 nitrogen and oxygen atoms in total. The van der Waals surface area contributed by atoms with E-state index in [1.807, 2.05) is 13.8 Å². The van der Waals surface area contributed by atoms with Crippen LogP contribution >= 0.6 is 11.5 Å². The van der Waals surface area contributed by atoms with Crippen LogP contribution in [-0.4, -0.2) is 15.5 Å². The Hall–Kier alpha value is -2.33. The minimum Gasteiger partial charge on any atom is -0.321 e. The van der Waals surface area contributed by atoms with Crippen LogP contribution in [0.15, 0.2) is 18.2 Å². The van der Waals surface area contributed by atoms with Gasteiger partial charge in [-0.2, -0.15) is 5.26 Å². The van der Waals surface area contributed by atoms with Crippen molar-refractivity contribution in [2.75, 3.05) is 5.32 Å². The average molecular weight is 290 g/mol. The van der Waals surface area contributed by atoms with Gasteiger partial charge in [0.1, 0.15) is 16.8 Å². The first-order valence-electron chi connectivity index (χ1n) is 5.86. The maximum absolute atomic E-state index is 13.2. The number of anilines is 1. The van der Waals surface area contributed by atoms with Crippen LogP contribution in [0.3, 0.4) is 0 Å². The molecule has 7 heteroatoms. The van der Waals surface area contributed by atoms with Gasteiger partial charge in [-0.25, -0.2) is 4.39 Å². The van der Waals surface area contributed by atoms with E-state index in [9.17, 15) is 9.18 Å². The first-order chi connectivity index (χ1) is 9.52. The quantitative estimate of drug-likeness (QED) is 0.942. The van der Waals surface area contributed by atoms with Crippen LogP contribution < -0.4 is 5.32 Å². The van der Waals surface area contributed by atoms with Gasteiger partial charge in [0.15, 0.2) is 0 Å². The van der Waals surface area contributed by atoms with E-state index < -0.39 is 5.82 Å². The molecule has 0 bridgehead atoms. The maximum Gasteiger partial charge on any atom is 0.269 e. The third kappa shape index (κ3) is 2.81. The van der Waals surface area contributed by atoms with Crippen LogP contribution in [-0.2, 0) is 0 Å². The Morgan fingerprint density at radius 2 is 2.25 bits per heavy atom. The molecule has 1 heterocycles. The van der Waals surface area contributed by atoms with E-state index in [1.165, 1.54) is 12.1 Å². The van der Waals surface area contributed by atoms with E-state index in [4.69, 9.17) is 5.26 Å². The van der Waals surface area contributed by atoms with E-state index in [1.54, 1.807) is 6.07 Å². The lowest BCUT2D eigenvalue weighted by molar-refractivity contribution is 0.102. The zero-order valence-corrected chi connectivity index (χ0v) is 11.7. The highest BCUT2D eigenvalue weighted by Gasteiger charge is 2.19. The van der Waals surface area contributed by atoms with Crippen molar-refractivity contribution in [3.05, 3.63) is 40.2 Å². The van der Waals surface area contributed by atoms with Crippen molar-refractivity contribution in [1.82, 2.24) is 9.59 Å². The Morgan fingerprint density at radius 3 is 2.90 bits per heavy atom. The minimum absolute atomic E-state index is 0.0809. The second-order valence-electron chi connectivity index (χ2n) is 4.40. The predicted molar refractivity (Wildman–Crippen MR) is 73.1 cm³/mol. The lowest BCUT2D eigenvalue weighted by Crippen LogP contribution is -2.13. The van der Waals surface area contributed by atoms with E-state index in [-0.39, 0.29) is 17.4 Å². The monoisotopic (exact) mass is 290 g/mol. The molecule has 0 aliphatic carbocycles. The van der Waals surface area contributed by atoms with Crippen LogP contribution in [0.4, 0.5) is 10.1 Å². The van der Waals surface area contributed by atoms with Crippen LogP contribution in [0.5, 0.6) is 0 Å². The number of nitrogens with zero attached hydrogens (tertiary/aromatic N) is 3. The molecule has 2 aromatic rings. The highest BCUT2D eigenvalue weighted by Crippen LogP contribution is 2.21. The van der Waals surface area contributed by atoms with Gasteiger partial charge in [-0.3, -0.25) is 4.79 Å². The molecule has 0 atom stereocenters. The lowest BCUT2D eigenvalue weighted by atomic mass is 10.1. The van der Waals surface area contributed by atoms with Crippen molar-refractivity contribution < 1.29 is 9.18 Å². The molecule has 0 unspecified atom stereocenters. The Morgan fingerprint density at radius 1 is 1.50 bits per heavy atom. The van der Waals surface area contributed by atoms with Gasteiger partial charge in [0.25, 0.3) is 5.91 Å². The number of halogens is 1. The summed E-state index contributed by atoms with van der Waals surface area (Å²) in [4.78, 5) is 12.5. The fourth-order valence-corrected chi connectivity index (χ4v) is 2.32. The zero-order chi connectivity index (χ0) is 14.7. The van der Waals surface area contributed by atoms with Crippen molar-refractivity contribution in [2.24, 2.45) is 0 Å². The van der Waals surface area contributed by atoms with Crippen LogP contribution in [0.1, 0.15) is 40.7 Å². The van der Waals surface area contributed by atoms with Gasteiger partial charge in [-0.05, 0) is 35.6 Å². The molecule has 0 aliphatic heterocycles. The zero-order valence-electron chi connectivity index (χ0n) is 10.8. The summed E-state index contributed by atoms with van der Waals surface area (Å²) in [5.74, 6) is -0.899. The molecule has 1 aromatic carbocycles. The average Bonchev–Trinajstić information content (AvgIpc) is 2.90. The summed E-state index contributed by atoms with van der Waals surface area (Å²) in [5.41, 5.74) is 0.862. The number of nitrogens with one attached hydrogen (secondary N) is 1. The van der Waals surface area contributed by atoms with Crippen molar-refractivity contribution >= 4 is 23.1 Å². The number of rotatable bonds is 3. The molecular formula is C13H11FN4OS. The number of hydrogen-bond acceptors (Lipinski definition) is 5. The van der Waals surface area contributed by atoms with E-state index in [2.05, 4.69) is 14.9 Å². The molecule has 2 rings (SSSR count). The SMILES string of the molecule is CC(C)c1nnsc1C(=O)Nc1ccc(F)c(C#N)c1. The van der Waals surface area contributed by atoms with Crippen molar-refractivity contribution in [3.8, 4) is 6.07 Å². The smallest absolute Gasteiger partial charge is 0.269 e. The number of carbonyl (C=O) groups is 1. The topological polar surface area (TPSA) is 78.7 Å². The molecule has 0 spiro atoms. The molecule has 20 heavy (non-hydrogen) atoms. The first kappa shape index (κ1) is 14.1. The van der Waals surface area contributed by atoms with Crippen LogP contribution in [0.25, 0.3) is 0 Å². The van der Waals surface area contributed by atoms with Crippen molar-refractivity contribution in [1.29, 1.82) is 5.26 Å². The fourth-order valence-electron chi connectivity index (χ4n) is 1.61. The summed E-state index contributed by atoms with van der Waals surface area (Å²) in [6, 6.07) is 5.56. The summed E-state index contributed by atoms with van der Waals surface area (Å²) < 4.78 is 17.0. The Kier molecular flexibility index (Phi) is 4.05. The second kappa shape index (κ2) is 5.75. The maximum atomic E-state index is 13.2. The lowest BCUT2D eigenvalue weighted by Gasteiger charge is -2.06. The van der Waals surface area contributed by atoms with Gasteiger partial charge in [0, 0.05) is 5.69 Å². The van der Waals surface area contributed by atoms with E-state index >= 15 is 0 Å². The molecule has 0 radical (unpaired) electrons. The van der Waals surface area contributed by atoms with Crippen LogP contribution in [0.2, 0.25) is 0 Å². The van der Waals surface area contributed by atoms with Gasteiger partial charge in [-0.1, -0.05) is 18.3 Å². The summed E-state index contributed by atoms with van der Waals surface area (Å²) >= 11 is 1.01. The number of hydrogen-bond donors (Lipinski definition) is 1. The molecule has 0 fully saturated rings. The highest BCUT2D eigenvalue weighted by atomic mass is 32.1. The predicted octanol–water partition coefficient (Wildman–Crippen LogP) is 2.92. The standard InChI is InChI=1S/C13H11FN4OS/c1-7(2)11-12(20-18-17-11)13(19)16-9-3-4-10(14)8(5-9)6-15/h3-5,7H,1-2H3,(H,16,19).